The zero-order valence-electron chi connectivity index (χ0n) is 25.6. The molecule has 0 aliphatic carbocycles. The van der Waals surface area contributed by atoms with Crippen LogP contribution in [0.25, 0.3) is 22.2 Å². The Kier molecular flexibility index (Phi) is 8.84. The lowest BCUT2D eigenvalue weighted by molar-refractivity contribution is 0.480. The minimum absolute atomic E-state index is 0.0621. The Balaban J connectivity index is 1.26. The predicted molar refractivity (Wildman–Crippen MR) is 185 cm³/mol. The first-order valence-electron chi connectivity index (χ1n) is 15.3. The first-order valence-corrected chi connectivity index (χ1v) is 16.9. The number of hydrogen-bond donors (Lipinski definition) is 3. The molecule has 47 heavy (non-hydrogen) atoms. The van der Waals surface area contributed by atoms with E-state index in [-0.39, 0.29) is 22.9 Å². The van der Waals surface area contributed by atoms with Gasteiger partial charge in [-0.15, -0.1) is 0 Å². The van der Waals surface area contributed by atoms with E-state index in [0.29, 0.717) is 44.1 Å². The molecule has 0 saturated carbocycles. The molecule has 3 aromatic heterocycles. The lowest BCUT2D eigenvalue weighted by atomic mass is 10.0. The number of nitrogens with zero attached hydrogens (tertiary/aromatic N) is 4. The second-order valence-electron chi connectivity index (χ2n) is 11.5. The molecule has 1 fully saturated rings. The highest BCUT2D eigenvalue weighted by molar-refractivity contribution is 7.85. The number of halogens is 1. The summed E-state index contributed by atoms with van der Waals surface area (Å²) in [6.45, 7) is 3.89. The monoisotopic (exact) mass is 665 g/mol. The van der Waals surface area contributed by atoms with Crippen LogP contribution in [0.15, 0.2) is 111 Å². The van der Waals surface area contributed by atoms with Gasteiger partial charge < -0.3 is 20.4 Å². The second-order valence-corrected chi connectivity index (χ2v) is 13.3. The van der Waals surface area contributed by atoms with E-state index < -0.39 is 10.8 Å². The van der Waals surface area contributed by atoms with E-state index in [1.54, 1.807) is 24.4 Å². The molecular formula is C35H32ClN7O3S. The van der Waals surface area contributed by atoms with Crippen LogP contribution in [0.5, 0.6) is 0 Å². The third kappa shape index (κ3) is 6.69. The van der Waals surface area contributed by atoms with Crippen molar-refractivity contribution in [3.05, 3.63) is 118 Å². The minimum atomic E-state index is -1.62. The number of hydrogen-bond acceptors (Lipinski definition) is 9. The summed E-state index contributed by atoms with van der Waals surface area (Å²) in [6.07, 6.45) is 5.20. The van der Waals surface area contributed by atoms with Gasteiger partial charge in [-0.1, -0.05) is 41.9 Å². The molecule has 4 heterocycles. The van der Waals surface area contributed by atoms with Crippen molar-refractivity contribution in [1.29, 1.82) is 0 Å². The smallest absolute Gasteiger partial charge is 0.260 e. The maximum absolute atomic E-state index is 14.2. The van der Waals surface area contributed by atoms with E-state index in [1.807, 2.05) is 67.6 Å². The van der Waals surface area contributed by atoms with Gasteiger partial charge in [-0.2, -0.15) is 4.98 Å². The summed E-state index contributed by atoms with van der Waals surface area (Å²) in [4.78, 5) is 28.4. The fourth-order valence-corrected chi connectivity index (χ4v) is 7.13. The van der Waals surface area contributed by atoms with Crippen molar-refractivity contribution in [3.8, 4) is 11.1 Å². The molecule has 6 aromatic rings. The van der Waals surface area contributed by atoms with E-state index in [2.05, 4.69) is 25.9 Å². The maximum atomic E-state index is 14.2. The van der Waals surface area contributed by atoms with Gasteiger partial charge in [0, 0.05) is 56.6 Å². The van der Waals surface area contributed by atoms with E-state index in [9.17, 15) is 9.00 Å². The third-order valence-electron chi connectivity index (χ3n) is 8.09. The molecule has 0 radical (unpaired) electrons. The predicted octanol–water partition coefficient (Wildman–Crippen LogP) is 6.53. The summed E-state index contributed by atoms with van der Waals surface area (Å²) >= 11 is 6.63. The van der Waals surface area contributed by atoms with Crippen LogP contribution in [-0.4, -0.2) is 42.9 Å². The van der Waals surface area contributed by atoms with Crippen molar-refractivity contribution in [2.24, 2.45) is 0 Å². The molecule has 1 saturated heterocycles. The number of fused-ring (bicyclic) bond motifs is 1. The molecule has 238 valence electrons. The molecule has 2 atom stereocenters. The number of nitrogens with one attached hydrogen (secondary N) is 3. The maximum Gasteiger partial charge on any atom is 0.260 e. The molecule has 0 bridgehead atoms. The van der Waals surface area contributed by atoms with Crippen molar-refractivity contribution < 1.29 is 8.63 Å². The number of benzene rings is 3. The number of rotatable bonds is 9. The average Bonchev–Trinajstić information content (AvgIpc) is 3.56. The first-order chi connectivity index (χ1) is 22.9. The summed E-state index contributed by atoms with van der Waals surface area (Å²) in [7, 11) is -1.62. The van der Waals surface area contributed by atoms with Crippen LogP contribution in [0, 0.1) is 6.92 Å². The van der Waals surface area contributed by atoms with Crippen molar-refractivity contribution in [2.45, 2.75) is 42.3 Å². The van der Waals surface area contributed by atoms with Gasteiger partial charge in [-0.3, -0.25) is 9.36 Å². The molecule has 2 unspecified atom stereocenters. The van der Waals surface area contributed by atoms with Crippen LogP contribution in [-0.2, 0) is 17.3 Å². The average molecular weight is 666 g/mol. The van der Waals surface area contributed by atoms with Crippen LogP contribution in [0.4, 0.5) is 17.3 Å². The van der Waals surface area contributed by atoms with Crippen molar-refractivity contribution >= 4 is 50.8 Å². The third-order valence-corrected chi connectivity index (χ3v) is 9.79. The van der Waals surface area contributed by atoms with Gasteiger partial charge in [0.2, 0.25) is 5.95 Å². The highest BCUT2D eigenvalue weighted by Gasteiger charge is 2.22. The summed E-state index contributed by atoms with van der Waals surface area (Å²) in [5, 5.41) is 11.6. The molecule has 3 N–H and O–H groups in total. The van der Waals surface area contributed by atoms with Gasteiger partial charge in [0.05, 0.1) is 6.54 Å². The number of oxazole rings is 1. The normalized spacial score (nSPS) is 15.4. The second kappa shape index (κ2) is 13.5. The Morgan fingerprint density at radius 2 is 1.83 bits per heavy atom. The summed E-state index contributed by atoms with van der Waals surface area (Å²) in [5.41, 5.74) is 3.81. The Bertz CT molecular complexity index is 2130. The Morgan fingerprint density at radius 3 is 2.60 bits per heavy atom. The molecular weight excluding hydrogens is 634 g/mol. The molecule has 0 spiro atoms. The van der Waals surface area contributed by atoms with E-state index in [4.69, 9.17) is 21.0 Å². The van der Waals surface area contributed by atoms with Crippen molar-refractivity contribution in [3.63, 3.8) is 0 Å². The van der Waals surface area contributed by atoms with Crippen LogP contribution >= 0.6 is 11.6 Å². The molecule has 7 rings (SSSR count). The van der Waals surface area contributed by atoms with Crippen LogP contribution in [0.1, 0.15) is 24.2 Å². The van der Waals surface area contributed by atoms with Crippen LogP contribution in [0.3, 0.4) is 0 Å². The van der Waals surface area contributed by atoms with Gasteiger partial charge in [-0.25, -0.2) is 14.2 Å². The van der Waals surface area contributed by atoms with Gasteiger partial charge in [0.25, 0.3) is 5.56 Å². The zero-order chi connectivity index (χ0) is 32.3. The standard InChI is InChI=1S/C35H32ClN7O3S/c1-22-9-14-28(30(36)16-22)29-17-23-18-38-35(41-25-12-10-24(11-13-25)40-26-6-5-15-37-19-26)42-32(23)43(34(29)44)20-31-33(39-21-46-31)47(45)27-7-3-2-4-8-27/h2-4,7-14,16-18,21,26,37,40H,5-6,15,19-20H2,1H3,(H,38,41,42). The highest BCUT2D eigenvalue weighted by atomic mass is 35.5. The van der Waals surface area contributed by atoms with Crippen LogP contribution in [0.2, 0.25) is 5.02 Å². The lowest BCUT2D eigenvalue weighted by Gasteiger charge is -2.24. The van der Waals surface area contributed by atoms with E-state index >= 15 is 0 Å². The number of anilines is 3. The number of pyridine rings is 1. The van der Waals surface area contributed by atoms with Crippen LogP contribution < -0.4 is 21.5 Å². The largest absolute Gasteiger partial charge is 0.445 e. The van der Waals surface area contributed by atoms with Gasteiger partial charge in [-0.05, 0) is 80.4 Å². The highest BCUT2D eigenvalue weighted by Crippen LogP contribution is 2.30. The fourth-order valence-electron chi connectivity index (χ4n) is 5.70. The SMILES string of the molecule is Cc1ccc(-c2cc3cnc(Nc4ccc(NC5CCCNC5)cc4)nc3n(Cc3ocnc3S(=O)c3ccccc3)c2=O)c(Cl)c1. The lowest BCUT2D eigenvalue weighted by Crippen LogP contribution is -2.38. The number of aromatic nitrogens is 4. The van der Waals surface area contributed by atoms with E-state index in [0.717, 1.165) is 42.9 Å². The molecule has 10 nitrogen and oxygen atoms in total. The summed E-state index contributed by atoms with van der Waals surface area (Å²) < 4.78 is 20.7. The van der Waals surface area contributed by atoms with Crippen molar-refractivity contribution in [1.82, 2.24) is 24.8 Å². The van der Waals surface area contributed by atoms with Gasteiger partial charge >= 0.3 is 0 Å². The zero-order valence-corrected chi connectivity index (χ0v) is 27.1. The molecule has 1 aliphatic rings. The first kappa shape index (κ1) is 30.8. The summed E-state index contributed by atoms with van der Waals surface area (Å²) in [6, 6.07) is 24.6. The molecule has 12 heteroatoms. The summed E-state index contributed by atoms with van der Waals surface area (Å²) in [5.74, 6) is 0.599. The van der Waals surface area contributed by atoms with E-state index in [1.165, 1.54) is 11.0 Å². The number of aryl methyl sites for hydroxylation is 1. The molecule has 0 amide bonds. The Labute approximate surface area is 278 Å². The van der Waals surface area contributed by atoms with Gasteiger partial charge in [0.1, 0.15) is 16.4 Å². The molecule has 3 aromatic carbocycles. The fraction of sp³-hybridized carbons (Fsp3) is 0.200. The molecule has 1 aliphatic heterocycles. The Morgan fingerprint density at radius 1 is 1.02 bits per heavy atom. The number of piperidine rings is 1. The van der Waals surface area contributed by atoms with Crippen molar-refractivity contribution in [2.75, 3.05) is 23.7 Å². The minimum Gasteiger partial charge on any atom is -0.445 e. The van der Waals surface area contributed by atoms with Gasteiger partial charge in [0.15, 0.2) is 17.2 Å². The Hall–Kier alpha value is -4.84. The quantitative estimate of drug-likeness (QED) is 0.158. The topological polar surface area (TPSA) is 127 Å².